The van der Waals surface area contributed by atoms with Crippen LogP contribution >= 0.6 is 0 Å². The van der Waals surface area contributed by atoms with Crippen LogP contribution in [0.3, 0.4) is 0 Å². The van der Waals surface area contributed by atoms with Crippen molar-refractivity contribution in [3.8, 4) is 0 Å². The van der Waals surface area contributed by atoms with Gasteiger partial charge in [0.15, 0.2) is 0 Å². The van der Waals surface area contributed by atoms with E-state index in [4.69, 9.17) is 10.2 Å². The standard InChI is InChI=1S/C11H9AsO6/c1-18-11(17)5-2-3-7(12)6(4-5)8(9(13)14)10(15)16/h2-4,8H,1H3,(H,13,14)(H,15,16). The number of aliphatic carboxylic acids is 2. The van der Waals surface area contributed by atoms with Crippen LogP contribution in [0.4, 0.5) is 0 Å². The normalized spacial score (nSPS) is 10.2. The van der Waals surface area contributed by atoms with Crippen molar-refractivity contribution in [3.63, 3.8) is 0 Å². The molecule has 2 N–H and O–H groups in total. The minimum atomic E-state index is -1.72. The topological polar surface area (TPSA) is 101 Å². The van der Waals surface area contributed by atoms with Crippen LogP contribution in [0.2, 0.25) is 0 Å². The second-order valence-electron chi connectivity index (χ2n) is 3.37. The first kappa shape index (κ1) is 14.3. The van der Waals surface area contributed by atoms with Gasteiger partial charge in [-0.2, -0.15) is 0 Å². The van der Waals surface area contributed by atoms with Crippen LogP contribution in [-0.4, -0.2) is 52.1 Å². The van der Waals surface area contributed by atoms with Crippen molar-refractivity contribution in [3.05, 3.63) is 29.3 Å². The number of carbonyl (C=O) groups excluding carboxylic acids is 1. The van der Waals surface area contributed by atoms with Crippen LogP contribution in [-0.2, 0) is 14.3 Å². The van der Waals surface area contributed by atoms with Gasteiger partial charge in [0, 0.05) is 0 Å². The average Bonchev–Trinajstić information content (AvgIpc) is 2.30. The molecule has 0 atom stereocenters. The van der Waals surface area contributed by atoms with Crippen LogP contribution in [0.25, 0.3) is 0 Å². The van der Waals surface area contributed by atoms with Gasteiger partial charge in [-0.05, 0) is 0 Å². The summed E-state index contributed by atoms with van der Waals surface area (Å²) in [6.45, 7) is 0. The number of hydrogen-bond acceptors (Lipinski definition) is 4. The fourth-order valence-electron chi connectivity index (χ4n) is 1.40. The van der Waals surface area contributed by atoms with E-state index < -0.39 is 23.8 Å². The summed E-state index contributed by atoms with van der Waals surface area (Å²) in [5, 5.41) is 17.8. The summed E-state index contributed by atoms with van der Waals surface area (Å²) in [5.41, 5.74) is 0.146. The molecule has 18 heavy (non-hydrogen) atoms. The van der Waals surface area contributed by atoms with Gasteiger partial charge in [-0.25, -0.2) is 0 Å². The van der Waals surface area contributed by atoms with Crippen LogP contribution in [0.5, 0.6) is 0 Å². The number of carbonyl (C=O) groups is 3. The van der Waals surface area contributed by atoms with Gasteiger partial charge in [-0.1, -0.05) is 0 Å². The molecule has 2 radical (unpaired) electrons. The Morgan fingerprint density at radius 3 is 2.22 bits per heavy atom. The molecule has 6 nitrogen and oxygen atoms in total. The molecule has 0 aliphatic rings. The zero-order chi connectivity index (χ0) is 13.9. The maximum absolute atomic E-state index is 11.3. The number of hydrogen-bond donors (Lipinski definition) is 2. The van der Waals surface area contributed by atoms with Crippen molar-refractivity contribution in [2.24, 2.45) is 0 Å². The van der Waals surface area contributed by atoms with E-state index in [1.807, 2.05) is 0 Å². The van der Waals surface area contributed by atoms with Crippen molar-refractivity contribution in [1.29, 1.82) is 0 Å². The van der Waals surface area contributed by atoms with Crippen LogP contribution in [0.15, 0.2) is 18.2 Å². The van der Waals surface area contributed by atoms with Crippen molar-refractivity contribution >= 4 is 39.1 Å². The van der Waals surface area contributed by atoms with Gasteiger partial charge in [0.05, 0.1) is 0 Å². The summed E-state index contributed by atoms with van der Waals surface area (Å²) in [4.78, 5) is 33.2. The summed E-state index contributed by atoms with van der Waals surface area (Å²) in [5.74, 6) is -5.35. The van der Waals surface area contributed by atoms with E-state index in [2.05, 4.69) is 21.6 Å². The third-order valence-corrected chi connectivity index (χ3v) is 3.11. The molecule has 0 heterocycles. The van der Waals surface area contributed by atoms with E-state index in [-0.39, 0.29) is 11.1 Å². The van der Waals surface area contributed by atoms with E-state index in [0.29, 0.717) is 4.35 Å². The van der Waals surface area contributed by atoms with Crippen molar-refractivity contribution < 1.29 is 29.3 Å². The summed E-state index contributed by atoms with van der Waals surface area (Å²) in [6.07, 6.45) is 0. The molecule has 0 aliphatic heterocycles. The first-order valence-corrected chi connectivity index (χ1v) is 5.69. The van der Waals surface area contributed by atoms with Crippen LogP contribution in [0, 0.1) is 0 Å². The van der Waals surface area contributed by atoms with E-state index in [1.54, 1.807) is 0 Å². The molecule has 0 unspecified atom stereocenters. The number of methoxy groups -OCH3 is 1. The Morgan fingerprint density at radius 1 is 1.22 bits per heavy atom. The quantitative estimate of drug-likeness (QED) is 0.442. The Labute approximate surface area is 111 Å². The van der Waals surface area contributed by atoms with Gasteiger partial charge < -0.3 is 0 Å². The third kappa shape index (κ3) is 2.90. The second-order valence-corrected chi connectivity index (χ2v) is 4.39. The first-order valence-electron chi connectivity index (χ1n) is 4.75. The van der Waals surface area contributed by atoms with Crippen LogP contribution < -0.4 is 4.35 Å². The van der Waals surface area contributed by atoms with Crippen molar-refractivity contribution in [2.45, 2.75) is 5.92 Å². The zero-order valence-electron chi connectivity index (χ0n) is 9.28. The number of ether oxygens (including phenoxy) is 1. The molecule has 0 aliphatic carbocycles. The predicted octanol–water partition coefficient (Wildman–Crippen LogP) is -0.480. The fraction of sp³-hybridized carbons (Fsp3) is 0.182. The SMILES string of the molecule is COC(=O)c1ccc([As])c(C(C(=O)O)C(=O)O)c1. The van der Waals surface area contributed by atoms with Gasteiger partial charge >= 0.3 is 111 Å². The van der Waals surface area contributed by atoms with Gasteiger partial charge in [-0.15, -0.1) is 0 Å². The molecule has 1 aromatic carbocycles. The number of carboxylic acids is 2. The Balaban J connectivity index is 3.33. The molecule has 0 bridgehead atoms. The van der Waals surface area contributed by atoms with Gasteiger partial charge in [0.1, 0.15) is 0 Å². The van der Waals surface area contributed by atoms with Gasteiger partial charge in [0.25, 0.3) is 0 Å². The van der Waals surface area contributed by atoms with Crippen LogP contribution in [0.1, 0.15) is 21.8 Å². The van der Waals surface area contributed by atoms with E-state index in [9.17, 15) is 14.4 Å². The molecule has 1 rings (SSSR count). The third-order valence-electron chi connectivity index (χ3n) is 2.25. The second kappa shape index (κ2) is 5.69. The monoisotopic (exact) mass is 312 g/mol. The Morgan fingerprint density at radius 2 is 1.78 bits per heavy atom. The maximum atomic E-state index is 11.3. The average molecular weight is 312 g/mol. The number of carboxylic acid groups (broad SMARTS) is 2. The molecule has 0 fully saturated rings. The van der Waals surface area contributed by atoms with E-state index in [1.165, 1.54) is 25.3 Å². The minimum absolute atomic E-state index is 0.0397. The molecule has 0 amide bonds. The molecular formula is C11H9AsO6. The van der Waals surface area contributed by atoms with E-state index >= 15 is 0 Å². The number of esters is 1. The molecule has 7 heteroatoms. The van der Waals surface area contributed by atoms with Crippen molar-refractivity contribution in [1.82, 2.24) is 0 Å². The first-order chi connectivity index (χ1) is 8.38. The van der Waals surface area contributed by atoms with Gasteiger partial charge in [-0.3, -0.25) is 0 Å². The Kier molecular flexibility index (Phi) is 4.50. The summed E-state index contributed by atoms with van der Waals surface area (Å²) in [6, 6.07) is 4.11. The summed E-state index contributed by atoms with van der Waals surface area (Å²) in [7, 11) is 1.18. The molecule has 0 saturated carbocycles. The van der Waals surface area contributed by atoms with Crippen molar-refractivity contribution in [2.75, 3.05) is 7.11 Å². The zero-order valence-corrected chi connectivity index (χ0v) is 11.2. The van der Waals surface area contributed by atoms with Gasteiger partial charge in [0.2, 0.25) is 0 Å². The summed E-state index contributed by atoms with van der Waals surface area (Å²) >= 11 is 2.07. The predicted molar refractivity (Wildman–Crippen MR) is 61.2 cm³/mol. The van der Waals surface area contributed by atoms with E-state index in [0.717, 1.165) is 0 Å². The fourth-order valence-corrected chi connectivity index (χ4v) is 1.96. The molecule has 1 aromatic rings. The molecular weight excluding hydrogens is 303 g/mol. The number of benzene rings is 1. The summed E-state index contributed by atoms with van der Waals surface area (Å²) < 4.78 is 4.91. The number of rotatable bonds is 4. The Bertz CT molecular complexity index is 496. The molecule has 0 saturated heterocycles. The molecule has 0 spiro atoms. The Hall–Kier alpha value is -1.81. The molecule has 94 valence electrons. The molecule has 0 aromatic heterocycles.